The zero-order valence-corrected chi connectivity index (χ0v) is 25.7. The van der Waals surface area contributed by atoms with Gasteiger partial charge in [-0.15, -0.1) is 0 Å². The zero-order chi connectivity index (χ0) is 30.9. The quantitative estimate of drug-likeness (QED) is 0.196. The number of benzene rings is 9. The zero-order valence-electron chi connectivity index (χ0n) is 25.7. The van der Waals surface area contributed by atoms with Crippen molar-refractivity contribution in [3.05, 3.63) is 170 Å². The summed E-state index contributed by atoms with van der Waals surface area (Å²) >= 11 is 0. The second-order valence-corrected chi connectivity index (χ2v) is 12.6. The largest absolute Gasteiger partial charge is 0.354 e. The van der Waals surface area contributed by atoms with Gasteiger partial charge >= 0.3 is 0 Å². The predicted octanol–water partition coefficient (Wildman–Crippen LogP) is 12.9. The van der Waals surface area contributed by atoms with Crippen LogP contribution in [0.3, 0.4) is 0 Å². The summed E-state index contributed by atoms with van der Waals surface area (Å²) in [4.78, 5) is 3.71. The first-order chi connectivity index (χ1) is 23.3. The molecule has 0 bridgehead atoms. The van der Waals surface area contributed by atoms with Gasteiger partial charge in [-0.25, -0.2) is 0 Å². The fourth-order valence-electron chi connectivity index (χ4n) is 7.80. The van der Waals surface area contributed by atoms with Crippen LogP contribution in [0.5, 0.6) is 0 Å². The molecular weight excluding hydrogens is 567 g/mol. The van der Waals surface area contributed by atoms with Gasteiger partial charge < -0.3 is 4.98 Å². The van der Waals surface area contributed by atoms with Crippen LogP contribution in [0.2, 0.25) is 0 Å². The van der Waals surface area contributed by atoms with Crippen molar-refractivity contribution in [2.45, 2.75) is 0 Å². The van der Waals surface area contributed by atoms with Gasteiger partial charge in [0.1, 0.15) is 0 Å². The van der Waals surface area contributed by atoms with E-state index in [1.807, 2.05) is 0 Å². The number of H-pyrrole nitrogens is 1. The van der Waals surface area contributed by atoms with Crippen molar-refractivity contribution in [2.75, 3.05) is 0 Å². The highest BCUT2D eigenvalue weighted by Gasteiger charge is 2.18. The Morgan fingerprint density at radius 3 is 1.55 bits per heavy atom. The van der Waals surface area contributed by atoms with Crippen molar-refractivity contribution >= 4 is 64.9 Å². The van der Waals surface area contributed by atoms with Gasteiger partial charge in [0.15, 0.2) is 0 Å². The minimum atomic E-state index is 1.16. The standard InChI is InChI=1S/C46H29N/c1-2-13-32-27-44-42(26-31(32)12-1)36-24-23-33(28-43(36)47-44)30-15-9-16-34(25-30)45-38-18-5-7-20-40(38)46(41-21-8-6-19-39(41)45)37-22-10-14-29-11-3-4-17-35(29)37/h1-28,47H. The lowest BCUT2D eigenvalue weighted by atomic mass is 9.84. The first-order valence-corrected chi connectivity index (χ1v) is 16.3. The second-order valence-electron chi connectivity index (χ2n) is 12.6. The molecule has 1 heterocycles. The van der Waals surface area contributed by atoms with Gasteiger partial charge in [0.25, 0.3) is 0 Å². The fourth-order valence-corrected chi connectivity index (χ4v) is 7.80. The Labute approximate surface area is 272 Å². The summed E-state index contributed by atoms with van der Waals surface area (Å²) < 4.78 is 0. The summed E-state index contributed by atoms with van der Waals surface area (Å²) in [7, 11) is 0. The predicted molar refractivity (Wildman–Crippen MR) is 202 cm³/mol. The van der Waals surface area contributed by atoms with Crippen molar-refractivity contribution in [2.24, 2.45) is 0 Å². The topological polar surface area (TPSA) is 15.8 Å². The van der Waals surface area contributed by atoms with Crippen LogP contribution in [0.1, 0.15) is 0 Å². The fraction of sp³-hybridized carbons (Fsp3) is 0. The third kappa shape index (κ3) is 4.03. The highest BCUT2D eigenvalue weighted by Crippen LogP contribution is 2.45. The van der Waals surface area contributed by atoms with Gasteiger partial charge in [-0.05, 0) is 101 Å². The van der Waals surface area contributed by atoms with E-state index in [9.17, 15) is 0 Å². The van der Waals surface area contributed by atoms with Crippen molar-refractivity contribution < 1.29 is 0 Å². The highest BCUT2D eigenvalue weighted by atomic mass is 14.7. The second kappa shape index (κ2) is 10.2. The molecule has 0 radical (unpaired) electrons. The van der Waals surface area contributed by atoms with Gasteiger partial charge in [0, 0.05) is 21.8 Å². The molecule has 1 heteroatoms. The average molecular weight is 596 g/mol. The molecule has 0 aliphatic rings. The molecule has 0 spiro atoms. The molecular formula is C46H29N. The Bertz CT molecular complexity index is 2790. The first kappa shape index (κ1) is 26.1. The normalized spacial score (nSPS) is 11.8. The van der Waals surface area contributed by atoms with Gasteiger partial charge in [-0.3, -0.25) is 0 Å². The summed E-state index contributed by atoms with van der Waals surface area (Å²) in [6, 6.07) is 62.3. The number of nitrogens with one attached hydrogen (secondary N) is 1. The number of aromatic nitrogens is 1. The summed E-state index contributed by atoms with van der Waals surface area (Å²) in [5.74, 6) is 0. The van der Waals surface area contributed by atoms with Crippen molar-refractivity contribution in [3.8, 4) is 33.4 Å². The average Bonchev–Trinajstić information content (AvgIpc) is 3.49. The molecule has 0 unspecified atom stereocenters. The van der Waals surface area contributed by atoms with Crippen LogP contribution in [-0.2, 0) is 0 Å². The molecule has 0 saturated carbocycles. The molecule has 47 heavy (non-hydrogen) atoms. The van der Waals surface area contributed by atoms with E-state index in [0.29, 0.717) is 0 Å². The third-order valence-corrected chi connectivity index (χ3v) is 9.94. The Morgan fingerprint density at radius 2 is 0.809 bits per heavy atom. The maximum absolute atomic E-state index is 3.71. The maximum atomic E-state index is 3.71. The molecule has 0 aliphatic heterocycles. The monoisotopic (exact) mass is 595 g/mol. The molecule has 0 atom stereocenters. The minimum absolute atomic E-state index is 1.16. The van der Waals surface area contributed by atoms with Gasteiger partial charge in [-0.1, -0.05) is 146 Å². The molecule has 1 aromatic heterocycles. The van der Waals surface area contributed by atoms with Crippen LogP contribution in [-0.4, -0.2) is 4.98 Å². The van der Waals surface area contributed by atoms with Crippen LogP contribution >= 0.6 is 0 Å². The summed E-state index contributed by atoms with van der Waals surface area (Å²) in [5, 5.41) is 12.7. The third-order valence-electron chi connectivity index (χ3n) is 9.94. The van der Waals surface area contributed by atoms with Crippen LogP contribution in [0, 0.1) is 0 Å². The first-order valence-electron chi connectivity index (χ1n) is 16.3. The molecule has 10 aromatic rings. The number of fused-ring (bicyclic) bond motifs is 7. The lowest BCUT2D eigenvalue weighted by Crippen LogP contribution is -1.92. The molecule has 9 aromatic carbocycles. The Balaban J connectivity index is 1.18. The van der Waals surface area contributed by atoms with Crippen LogP contribution in [0.25, 0.3) is 98.3 Å². The molecule has 0 saturated heterocycles. The Kier molecular flexibility index (Phi) is 5.64. The summed E-state index contributed by atoms with van der Waals surface area (Å²) in [5.41, 5.74) is 9.82. The lowest BCUT2D eigenvalue weighted by molar-refractivity contribution is 1.55. The van der Waals surface area contributed by atoms with Gasteiger partial charge in [0.2, 0.25) is 0 Å². The van der Waals surface area contributed by atoms with E-state index in [1.54, 1.807) is 0 Å². The smallest absolute Gasteiger partial charge is 0.0471 e. The van der Waals surface area contributed by atoms with E-state index in [4.69, 9.17) is 0 Å². The van der Waals surface area contributed by atoms with Gasteiger partial charge in [-0.2, -0.15) is 0 Å². The number of aromatic amines is 1. The molecule has 0 amide bonds. The highest BCUT2D eigenvalue weighted by molar-refractivity contribution is 6.23. The van der Waals surface area contributed by atoms with E-state index in [2.05, 4.69) is 175 Å². The maximum Gasteiger partial charge on any atom is 0.0471 e. The Morgan fingerprint density at radius 1 is 0.277 bits per heavy atom. The summed E-state index contributed by atoms with van der Waals surface area (Å²) in [6.45, 7) is 0. The minimum Gasteiger partial charge on any atom is -0.354 e. The molecule has 1 nitrogen and oxygen atoms in total. The van der Waals surface area contributed by atoms with Gasteiger partial charge in [0.05, 0.1) is 0 Å². The van der Waals surface area contributed by atoms with Crippen molar-refractivity contribution in [1.29, 1.82) is 0 Å². The van der Waals surface area contributed by atoms with E-state index >= 15 is 0 Å². The molecule has 1 N–H and O–H groups in total. The van der Waals surface area contributed by atoms with Crippen LogP contribution < -0.4 is 0 Å². The number of hydrogen-bond donors (Lipinski definition) is 1. The summed E-state index contributed by atoms with van der Waals surface area (Å²) in [6.07, 6.45) is 0. The molecule has 0 fully saturated rings. The van der Waals surface area contributed by atoms with E-state index in [-0.39, 0.29) is 0 Å². The molecule has 10 rings (SSSR count). The van der Waals surface area contributed by atoms with E-state index in [0.717, 1.165) is 5.52 Å². The van der Waals surface area contributed by atoms with Crippen molar-refractivity contribution in [1.82, 2.24) is 4.98 Å². The van der Waals surface area contributed by atoms with E-state index < -0.39 is 0 Å². The SMILES string of the molecule is c1cc(-c2ccc3c(c2)[nH]c2cc4ccccc4cc23)cc(-c2c3ccccc3c(-c3cccc4ccccc34)c3ccccc23)c1. The Hall–Kier alpha value is -6.18. The van der Waals surface area contributed by atoms with Crippen molar-refractivity contribution in [3.63, 3.8) is 0 Å². The van der Waals surface area contributed by atoms with E-state index in [1.165, 1.54) is 92.8 Å². The molecule has 218 valence electrons. The molecule has 0 aliphatic carbocycles. The van der Waals surface area contributed by atoms with Crippen LogP contribution in [0.4, 0.5) is 0 Å². The number of rotatable bonds is 3. The lowest BCUT2D eigenvalue weighted by Gasteiger charge is -2.19. The number of hydrogen-bond acceptors (Lipinski definition) is 0. The van der Waals surface area contributed by atoms with Crippen LogP contribution in [0.15, 0.2) is 170 Å².